The van der Waals surface area contributed by atoms with Crippen LogP contribution in [0.15, 0.2) is 92.5 Å². The number of carboxylic acid groups (broad SMARTS) is 1. The van der Waals surface area contributed by atoms with Crippen molar-refractivity contribution in [3.05, 3.63) is 106 Å². The van der Waals surface area contributed by atoms with Crippen LogP contribution in [0.3, 0.4) is 0 Å². The summed E-state index contributed by atoms with van der Waals surface area (Å²) in [5, 5.41) is 31.6. The Morgan fingerprint density at radius 2 is 1.53 bits per heavy atom. The lowest BCUT2D eigenvalue weighted by Gasteiger charge is -2.28. The average Bonchev–Trinajstić information content (AvgIpc) is 3.51. The summed E-state index contributed by atoms with van der Waals surface area (Å²) in [5.74, 6) is -2.31. The van der Waals surface area contributed by atoms with Crippen molar-refractivity contribution in [3.8, 4) is 34.1 Å². The highest BCUT2D eigenvalue weighted by Crippen LogP contribution is 2.44. The van der Waals surface area contributed by atoms with Crippen LogP contribution in [0.5, 0.6) is 11.5 Å². The highest BCUT2D eigenvalue weighted by atomic mass is 16.4. The first-order valence-corrected chi connectivity index (χ1v) is 14.1. The minimum Gasteiger partial charge on any atom is -0.507 e. The molecule has 1 atom stereocenters. The largest absolute Gasteiger partial charge is 0.507 e. The summed E-state index contributed by atoms with van der Waals surface area (Å²) in [6, 6.07) is 20.9. The maximum atomic E-state index is 13.6. The molecule has 1 amide bonds. The maximum absolute atomic E-state index is 13.6. The van der Waals surface area contributed by atoms with E-state index in [1.54, 1.807) is 59.5 Å². The van der Waals surface area contributed by atoms with Gasteiger partial charge in [0.05, 0.1) is 11.5 Å². The number of likely N-dealkylation sites (tertiary alicyclic amines) is 1. The Morgan fingerprint density at radius 1 is 0.814 bits per heavy atom. The van der Waals surface area contributed by atoms with Gasteiger partial charge >= 0.3 is 5.97 Å². The topological polar surface area (TPSA) is 141 Å². The van der Waals surface area contributed by atoms with Gasteiger partial charge in [0.25, 0.3) is 0 Å². The van der Waals surface area contributed by atoms with Gasteiger partial charge < -0.3 is 29.1 Å². The number of aromatic carboxylic acids is 1. The highest BCUT2D eigenvalue weighted by Gasteiger charge is 2.32. The summed E-state index contributed by atoms with van der Waals surface area (Å²) in [4.78, 5) is 40.6. The van der Waals surface area contributed by atoms with Gasteiger partial charge in [0.2, 0.25) is 5.91 Å². The molecule has 9 heteroatoms. The Hall–Kier alpha value is -5.31. The Kier molecular flexibility index (Phi) is 7.46. The van der Waals surface area contributed by atoms with Gasteiger partial charge in [0.15, 0.2) is 5.43 Å². The first-order chi connectivity index (χ1) is 20.8. The first kappa shape index (κ1) is 27.8. The van der Waals surface area contributed by atoms with Crippen molar-refractivity contribution in [2.45, 2.75) is 31.6 Å². The number of aromatic hydroxyl groups is 2. The number of phenolic OH excluding ortho intramolecular Hbond substituents is 2. The fourth-order valence-corrected chi connectivity index (χ4v) is 5.76. The molecule has 0 bridgehead atoms. The maximum Gasteiger partial charge on any atom is 0.336 e. The lowest BCUT2D eigenvalue weighted by atomic mass is 9.89. The second kappa shape index (κ2) is 11.5. The van der Waals surface area contributed by atoms with Gasteiger partial charge in [-0.25, -0.2) is 4.79 Å². The fourth-order valence-electron chi connectivity index (χ4n) is 5.76. The zero-order valence-corrected chi connectivity index (χ0v) is 23.2. The van der Waals surface area contributed by atoms with Crippen molar-refractivity contribution in [3.63, 3.8) is 0 Å². The predicted octanol–water partition coefficient (Wildman–Crippen LogP) is 6.36. The number of fused-ring (bicyclic) bond motifs is 1. The Balaban J connectivity index is 1.55. The van der Waals surface area contributed by atoms with E-state index in [1.165, 1.54) is 12.1 Å². The summed E-state index contributed by atoms with van der Waals surface area (Å²) in [7, 11) is 0. The first-order valence-electron chi connectivity index (χ1n) is 14.1. The Bertz CT molecular complexity index is 1880. The molecule has 5 aromatic rings. The minimum atomic E-state index is -1.12. The number of hydrogen-bond donors (Lipinski definition) is 3. The standard InChI is InChI=1S/C34H29NO8/c36-24-18-25(37)32-26(38)19-29(20-9-3-1-4-10-20)43-33(32)31(24)23(17-30(39)35-15-7-2-8-16-35)28-14-13-27(42-28)21-11-5-6-12-22(21)34(40)41/h1,3-6,9-14,18-19,23,36-37H,2,7-8,15-17H2,(H,40,41). The molecule has 1 aliphatic heterocycles. The molecule has 2 aromatic heterocycles. The van der Waals surface area contributed by atoms with Crippen molar-refractivity contribution >= 4 is 22.8 Å². The molecule has 218 valence electrons. The van der Waals surface area contributed by atoms with Crippen LogP contribution in [0.1, 0.15) is 53.3 Å². The van der Waals surface area contributed by atoms with Crippen molar-refractivity contribution in [1.82, 2.24) is 4.90 Å². The van der Waals surface area contributed by atoms with E-state index in [1.807, 2.05) is 6.07 Å². The molecule has 0 spiro atoms. The van der Waals surface area contributed by atoms with Gasteiger partial charge in [0, 0.05) is 48.3 Å². The zero-order chi connectivity index (χ0) is 30.1. The van der Waals surface area contributed by atoms with Crippen molar-refractivity contribution in [2.24, 2.45) is 0 Å². The summed E-state index contributed by atoms with van der Waals surface area (Å²) < 4.78 is 12.4. The van der Waals surface area contributed by atoms with Crippen LogP contribution >= 0.6 is 0 Å². The van der Waals surface area contributed by atoms with Gasteiger partial charge in [-0.3, -0.25) is 9.59 Å². The van der Waals surface area contributed by atoms with E-state index >= 15 is 0 Å². The molecule has 0 radical (unpaired) electrons. The van der Waals surface area contributed by atoms with Crippen LogP contribution in [0.4, 0.5) is 0 Å². The summed E-state index contributed by atoms with van der Waals surface area (Å²) in [5.41, 5.74) is 0.530. The third-order valence-electron chi connectivity index (χ3n) is 7.89. The molecule has 3 aromatic carbocycles. The number of benzene rings is 3. The third-order valence-corrected chi connectivity index (χ3v) is 7.89. The van der Waals surface area contributed by atoms with Crippen LogP contribution in [-0.2, 0) is 4.79 Å². The van der Waals surface area contributed by atoms with Crippen LogP contribution < -0.4 is 5.43 Å². The fraction of sp³-hybridized carbons (Fsp3) is 0.206. The molecular weight excluding hydrogens is 550 g/mol. The van der Waals surface area contributed by atoms with Gasteiger partial charge in [-0.15, -0.1) is 0 Å². The Labute approximate surface area is 246 Å². The summed E-state index contributed by atoms with van der Waals surface area (Å²) >= 11 is 0. The normalized spacial score (nSPS) is 14.1. The van der Waals surface area contributed by atoms with E-state index in [0.717, 1.165) is 25.3 Å². The molecule has 3 heterocycles. The molecule has 6 rings (SSSR count). The van der Waals surface area contributed by atoms with Crippen molar-refractivity contribution < 1.29 is 33.7 Å². The molecule has 1 saturated heterocycles. The molecule has 43 heavy (non-hydrogen) atoms. The van der Waals surface area contributed by atoms with E-state index in [9.17, 15) is 29.7 Å². The lowest BCUT2D eigenvalue weighted by Crippen LogP contribution is -2.36. The third kappa shape index (κ3) is 5.37. The number of furan rings is 1. The van der Waals surface area contributed by atoms with Gasteiger partial charge in [-0.2, -0.15) is 0 Å². The second-order valence-corrected chi connectivity index (χ2v) is 10.6. The number of rotatable bonds is 7. The Morgan fingerprint density at radius 3 is 2.28 bits per heavy atom. The number of hydrogen-bond acceptors (Lipinski definition) is 7. The number of nitrogens with zero attached hydrogens (tertiary/aromatic N) is 1. The van der Waals surface area contributed by atoms with Crippen LogP contribution in [0, 0.1) is 0 Å². The second-order valence-electron chi connectivity index (χ2n) is 10.6. The number of carbonyl (C=O) groups is 2. The molecule has 0 aliphatic carbocycles. The van der Waals surface area contributed by atoms with Crippen LogP contribution in [0.25, 0.3) is 33.6 Å². The van der Waals surface area contributed by atoms with Crippen LogP contribution in [-0.4, -0.2) is 45.2 Å². The monoisotopic (exact) mass is 579 g/mol. The van der Waals surface area contributed by atoms with E-state index in [-0.39, 0.29) is 57.5 Å². The highest BCUT2D eigenvalue weighted by molar-refractivity contribution is 5.95. The van der Waals surface area contributed by atoms with Crippen molar-refractivity contribution in [1.29, 1.82) is 0 Å². The van der Waals surface area contributed by atoms with Gasteiger partial charge in [-0.05, 0) is 37.5 Å². The van der Waals surface area contributed by atoms with E-state index in [4.69, 9.17) is 8.83 Å². The number of phenols is 2. The van der Waals surface area contributed by atoms with Gasteiger partial charge in [-0.1, -0.05) is 48.5 Å². The average molecular weight is 580 g/mol. The summed E-state index contributed by atoms with van der Waals surface area (Å²) in [6.07, 6.45) is 2.68. The van der Waals surface area contributed by atoms with E-state index in [0.29, 0.717) is 24.2 Å². The van der Waals surface area contributed by atoms with E-state index < -0.39 is 23.1 Å². The smallest absolute Gasteiger partial charge is 0.336 e. The molecule has 3 N–H and O–H groups in total. The number of amides is 1. The zero-order valence-electron chi connectivity index (χ0n) is 23.2. The molecule has 9 nitrogen and oxygen atoms in total. The SMILES string of the molecule is O=C(O)c1ccccc1-c1ccc(C(CC(=O)N2CCCCC2)c2c(O)cc(O)c3c(=O)cc(-c4ccccc4)oc23)o1. The summed E-state index contributed by atoms with van der Waals surface area (Å²) in [6.45, 7) is 1.22. The number of piperidine rings is 1. The molecular formula is C34H29NO8. The van der Waals surface area contributed by atoms with Crippen molar-refractivity contribution in [2.75, 3.05) is 13.1 Å². The number of carboxylic acids is 1. The quantitative estimate of drug-likeness (QED) is 0.202. The molecule has 1 fully saturated rings. The van der Waals surface area contributed by atoms with Crippen LogP contribution in [0.2, 0.25) is 0 Å². The number of carbonyl (C=O) groups excluding carboxylic acids is 1. The molecule has 1 unspecified atom stereocenters. The van der Waals surface area contributed by atoms with E-state index in [2.05, 4.69) is 0 Å². The minimum absolute atomic E-state index is 0.0424. The predicted molar refractivity (Wildman–Crippen MR) is 159 cm³/mol. The molecule has 0 saturated carbocycles. The van der Waals surface area contributed by atoms with Gasteiger partial charge in [0.1, 0.15) is 39.7 Å². The lowest BCUT2D eigenvalue weighted by molar-refractivity contribution is -0.132. The molecule has 1 aliphatic rings.